The van der Waals surface area contributed by atoms with Crippen LogP contribution in [0, 0.1) is 5.92 Å². The first-order chi connectivity index (χ1) is 7.58. The Morgan fingerprint density at radius 3 is 2.62 bits per heavy atom. The van der Waals surface area contributed by atoms with E-state index in [0.717, 1.165) is 16.6 Å². The predicted octanol–water partition coefficient (Wildman–Crippen LogP) is 3.42. The van der Waals surface area contributed by atoms with Gasteiger partial charge in [-0.2, -0.15) is 0 Å². The summed E-state index contributed by atoms with van der Waals surface area (Å²) in [5, 5.41) is 9.04. The Morgan fingerprint density at radius 2 is 2.12 bits per heavy atom. The van der Waals surface area contributed by atoms with E-state index in [1.807, 2.05) is 12.1 Å². The normalized spacial score (nSPS) is 12.6. The summed E-state index contributed by atoms with van der Waals surface area (Å²) < 4.78 is 1.05. The molecule has 0 amide bonds. The minimum atomic E-state index is 0.0912. The smallest absolute Gasteiger partial charge is 0.0682 e. The number of hydrogen-bond donors (Lipinski definition) is 1. The summed E-state index contributed by atoms with van der Waals surface area (Å²) in [5.41, 5.74) is 2.12. The van der Waals surface area contributed by atoms with Crippen molar-refractivity contribution in [3.05, 3.63) is 28.2 Å². The Labute approximate surface area is 106 Å². The molecule has 0 radical (unpaired) electrons. The summed E-state index contributed by atoms with van der Waals surface area (Å²) in [7, 11) is 2.10. The second-order valence-corrected chi connectivity index (χ2v) is 5.19. The zero-order valence-electron chi connectivity index (χ0n) is 10.2. The molecule has 0 spiro atoms. The summed E-state index contributed by atoms with van der Waals surface area (Å²) in [6.07, 6.45) is 1.19. The molecule has 0 aliphatic rings. The van der Waals surface area contributed by atoms with Gasteiger partial charge < -0.3 is 10.0 Å². The van der Waals surface area contributed by atoms with Crippen LogP contribution in [0.5, 0.6) is 0 Å². The van der Waals surface area contributed by atoms with Crippen molar-refractivity contribution in [1.82, 2.24) is 0 Å². The average Bonchev–Trinajstić information content (AvgIpc) is 2.28. The van der Waals surface area contributed by atoms with Gasteiger partial charge in [0.15, 0.2) is 0 Å². The lowest BCUT2D eigenvalue weighted by molar-refractivity contribution is 0.282. The third kappa shape index (κ3) is 3.49. The molecule has 1 unspecified atom stereocenters. The highest BCUT2D eigenvalue weighted by molar-refractivity contribution is 9.10. The van der Waals surface area contributed by atoms with Crippen molar-refractivity contribution in [2.45, 2.75) is 26.9 Å². The molecule has 1 atom stereocenters. The predicted molar refractivity (Wildman–Crippen MR) is 72.8 cm³/mol. The van der Waals surface area contributed by atoms with Crippen molar-refractivity contribution in [1.29, 1.82) is 0 Å². The molecule has 1 aromatic carbocycles. The van der Waals surface area contributed by atoms with E-state index in [4.69, 9.17) is 5.11 Å². The van der Waals surface area contributed by atoms with Crippen molar-refractivity contribution in [2.24, 2.45) is 5.92 Å². The fourth-order valence-electron chi connectivity index (χ4n) is 1.65. The van der Waals surface area contributed by atoms with Crippen LogP contribution >= 0.6 is 15.9 Å². The summed E-state index contributed by atoms with van der Waals surface area (Å²) in [6, 6.07) is 5.99. The molecule has 0 aliphatic carbocycles. The molecule has 16 heavy (non-hydrogen) atoms. The number of aliphatic hydroxyl groups excluding tert-OH is 1. The number of hydrogen-bond acceptors (Lipinski definition) is 2. The summed E-state index contributed by atoms with van der Waals surface area (Å²) in [6.45, 7) is 5.61. The number of aliphatic hydroxyl groups is 1. The molecule has 3 heteroatoms. The number of rotatable bonds is 5. The molecule has 90 valence electrons. The number of anilines is 1. The maximum atomic E-state index is 9.04. The standard InChI is InChI=1S/C13H20BrNO/c1-4-10(2)8-15(3)13-6-5-11(9-16)7-12(13)14/h5-7,10,16H,4,8-9H2,1-3H3. The highest BCUT2D eigenvalue weighted by atomic mass is 79.9. The van der Waals surface area contributed by atoms with E-state index in [1.54, 1.807) is 0 Å². The van der Waals surface area contributed by atoms with E-state index < -0.39 is 0 Å². The summed E-state index contributed by atoms with van der Waals surface area (Å²) in [5.74, 6) is 0.689. The Balaban J connectivity index is 2.79. The number of benzene rings is 1. The zero-order valence-corrected chi connectivity index (χ0v) is 11.8. The van der Waals surface area contributed by atoms with Crippen LogP contribution in [0.1, 0.15) is 25.8 Å². The van der Waals surface area contributed by atoms with Gasteiger partial charge in [0.1, 0.15) is 0 Å². The fraction of sp³-hybridized carbons (Fsp3) is 0.538. The molecule has 0 fully saturated rings. The van der Waals surface area contributed by atoms with Crippen LogP contribution in [-0.4, -0.2) is 18.7 Å². The molecule has 0 bridgehead atoms. The second-order valence-electron chi connectivity index (χ2n) is 4.34. The van der Waals surface area contributed by atoms with Gasteiger partial charge in [-0.1, -0.05) is 26.3 Å². The first-order valence-corrected chi connectivity index (χ1v) is 6.48. The molecule has 2 nitrogen and oxygen atoms in total. The lowest BCUT2D eigenvalue weighted by Crippen LogP contribution is -2.23. The highest BCUT2D eigenvalue weighted by Gasteiger charge is 2.09. The minimum Gasteiger partial charge on any atom is -0.392 e. The van der Waals surface area contributed by atoms with Crippen molar-refractivity contribution < 1.29 is 5.11 Å². The summed E-state index contributed by atoms with van der Waals surface area (Å²) >= 11 is 3.55. The van der Waals surface area contributed by atoms with Crippen LogP contribution in [0.4, 0.5) is 5.69 Å². The van der Waals surface area contributed by atoms with Gasteiger partial charge in [0.25, 0.3) is 0 Å². The lowest BCUT2D eigenvalue weighted by Gasteiger charge is -2.24. The van der Waals surface area contributed by atoms with Crippen LogP contribution in [0.15, 0.2) is 22.7 Å². The van der Waals surface area contributed by atoms with Gasteiger partial charge in [-0.05, 0) is 39.5 Å². The van der Waals surface area contributed by atoms with Crippen molar-refractivity contribution >= 4 is 21.6 Å². The van der Waals surface area contributed by atoms with Crippen LogP contribution in [0.25, 0.3) is 0 Å². The van der Waals surface area contributed by atoms with Gasteiger partial charge in [-0.15, -0.1) is 0 Å². The fourth-order valence-corrected chi connectivity index (χ4v) is 2.38. The molecule has 1 N–H and O–H groups in total. The molecule has 0 saturated heterocycles. The molecular formula is C13H20BrNO. The molecular weight excluding hydrogens is 266 g/mol. The van der Waals surface area contributed by atoms with Gasteiger partial charge in [0.2, 0.25) is 0 Å². The van der Waals surface area contributed by atoms with E-state index in [9.17, 15) is 0 Å². The Kier molecular flexibility index (Phi) is 5.29. The lowest BCUT2D eigenvalue weighted by atomic mass is 10.1. The molecule has 0 heterocycles. The topological polar surface area (TPSA) is 23.5 Å². The Hall–Kier alpha value is -0.540. The van der Waals surface area contributed by atoms with Gasteiger partial charge in [-0.25, -0.2) is 0 Å². The average molecular weight is 286 g/mol. The van der Waals surface area contributed by atoms with Crippen LogP contribution in [0.3, 0.4) is 0 Å². The Morgan fingerprint density at radius 1 is 1.44 bits per heavy atom. The van der Waals surface area contributed by atoms with E-state index in [2.05, 4.69) is 47.8 Å². The van der Waals surface area contributed by atoms with Gasteiger partial charge in [0.05, 0.1) is 12.3 Å². The first kappa shape index (κ1) is 13.5. The Bertz CT molecular complexity index is 341. The largest absolute Gasteiger partial charge is 0.392 e. The van der Waals surface area contributed by atoms with Gasteiger partial charge in [0, 0.05) is 18.1 Å². The minimum absolute atomic E-state index is 0.0912. The van der Waals surface area contributed by atoms with E-state index in [-0.39, 0.29) is 6.61 Å². The monoisotopic (exact) mass is 285 g/mol. The van der Waals surface area contributed by atoms with Crippen LogP contribution in [-0.2, 0) is 6.61 Å². The SMILES string of the molecule is CCC(C)CN(C)c1ccc(CO)cc1Br. The zero-order chi connectivity index (χ0) is 12.1. The number of nitrogens with zero attached hydrogens (tertiary/aromatic N) is 1. The highest BCUT2D eigenvalue weighted by Crippen LogP contribution is 2.27. The van der Waals surface area contributed by atoms with Crippen LogP contribution in [0.2, 0.25) is 0 Å². The first-order valence-electron chi connectivity index (χ1n) is 5.68. The quantitative estimate of drug-likeness (QED) is 0.896. The maximum Gasteiger partial charge on any atom is 0.0682 e. The molecule has 1 rings (SSSR count). The van der Waals surface area contributed by atoms with E-state index >= 15 is 0 Å². The van der Waals surface area contributed by atoms with Crippen molar-refractivity contribution in [3.63, 3.8) is 0 Å². The molecule has 1 aromatic rings. The molecule has 0 aliphatic heterocycles. The summed E-state index contributed by atoms with van der Waals surface area (Å²) in [4.78, 5) is 2.25. The maximum absolute atomic E-state index is 9.04. The van der Waals surface area contributed by atoms with Crippen molar-refractivity contribution in [3.8, 4) is 0 Å². The van der Waals surface area contributed by atoms with Gasteiger partial charge >= 0.3 is 0 Å². The third-order valence-corrected chi connectivity index (χ3v) is 3.52. The van der Waals surface area contributed by atoms with Gasteiger partial charge in [-0.3, -0.25) is 0 Å². The van der Waals surface area contributed by atoms with E-state index in [1.165, 1.54) is 12.1 Å². The third-order valence-electron chi connectivity index (χ3n) is 2.89. The van der Waals surface area contributed by atoms with E-state index in [0.29, 0.717) is 5.92 Å². The number of halogens is 1. The molecule has 0 aromatic heterocycles. The van der Waals surface area contributed by atoms with Crippen molar-refractivity contribution in [2.75, 3.05) is 18.5 Å². The van der Waals surface area contributed by atoms with Crippen LogP contribution < -0.4 is 4.90 Å². The molecule has 0 saturated carbocycles. The second kappa shape index (κ2) is 6.26.